The zero-order valence-corrected chi connectivity index (χ0v) is 12.4. The van der Waals surface area contributed by atoms with Crippen LogP contribution in [0, 0.1) is 12.8 Å². The molecule has 0 saturated carbocycles. The van der Waals surface area contributed by atoms with Crippen molar-refractivity contribution in [2.45, 2.75) is 46.3 Å². The van der Waals surface area contributed by atoms with Crippen LogP contribution in [0.25, 0.3) is 0 Å². The maximum absolute atomic E-state index is 5.68. The Bertz CT molecular complexity index is 322. The van der Waals surface area contributed by atoms with Gasteiger partial charge < -0.3 is 10.1 Å². The predicted molar refractivity (Wildman–Crippen MR) is 75.7 cm³/mol. The van der Waals surface area contributed by atoms with E-state index < -0.39 is 0 Å². The van der Waals surface area contributed by atoms with Crippen LogP contribution in [-0.4, -0.2) is 19.8 Å². The lowest BCUT2D eigenvalue weighted by Gasteiger charge is -2.29. The average molecular weight is 255 g/mol. The molecule has 1 rings (SSSR count). The van der Waals surface area contributed by atoms with Crippen LogP contribution in [0.2, 0.25) is 0 Å². The van der Waals surface area contributed by atoms with Crippen LogP contribution in [0.3, 0.4) is 0 Å². The van der Waals surface area contributed by atoms with Gasteiger partial charge in [0.05, 0.1) is 12.1 Å². The Hall–Kier alpha value is -0.380. The van der Waals surface area contributed by atoms with Gasteiger partial charge in [0, 0.05) is 16.9 Å². The third kappa shape index (κ3) is 4.09. The molecular formula is C14H25NOS. The van der Waals surface area contributed by atoms with Crippen molar-refractivity contribution in [2.24, 2.45) is 5.92 Å². The summed E-state index contributed by atoms with van der Waals surface area (Å²) in [6.07, 6.45) is 1.38. The van der Waals surface area contributed by atoms with Crippen LogP contribution in [-0.2, 0) is 4.74 Å². The van der Waals surface area contributed by atoms with E-state index in [1.165, 1.54) is 9.75 Å². The van der Waals surface area contributed by atoms with Crippen molar-refractivity contribution in [1.82, 2.24) is 5.32 Å². The smallest absolute Gasteiger partial charge is 0.0796 e. The van der Waals surface area contributed by atoms with E-state index in [9.17, 15) is 0 Å². The van der Waals surface area contributed by atoms with E-state index in [2.05, 4.69) is 45.1 Å². The first-order chi connectivity index (χ1) is 8.10. The standard InChI is InChI=1S/C14H25NOS/c1-6-9-15-13(14(16-5)10(2)3)12-8-7-11(4)17-12/h7-8,10,13-15H,6,9H2,1-5H3. The number of ether oxygens (including phenoxy) is 1. The molecule has 1 heterocycles. The Labute approximate surface area is 109 Å². The molecule has 2 atom stereocenters. The first kappa shape index (κ1) is 14.7. The lowest BCUT2D eigenvalue weighted by molar-refractivity contribution is 0.0336. The molecule has 0 amide bonds. The summed E-state index contributed by atoms with van der Waals surface area (Å²) < 4.78 is 5.68. The minimum atomic E-state index is 0.236. The highest BCUT2D eigenvalue weighted by Crippen LogP contribution is 2.29. The molecule has 1 aromatic rings. The van der Waals surface area contributed by atoms with Gasteiger partial charge in [0.1, 0.15) is 0 Å². The molecule has 0 radical (unpaired) electrons. The van der Waals surface area contributed by atoms with Gasteiger partial charge in [0.15, 0.2) is 0 Å². The summed E-state index contributed by atoms with van der Waals surface area (Å²) in [5, 5.41) is 3.62. The number of methoxy groups -OCH3 is 1. The minimum absolute atomic E-state index is 0.236. The van der Waals surface area contributed by atoms with Gasteiger partial charge in [0.2, 0.25) is 0 Å². The Morgan fingerprint density at radius 2 is 2.06 bits per heavy atom. The topological polar surface area (TPSA) is 21.3 Å². The number of hydrogen-bond acceptors (Lipinski definition) is 3. The average Bonchev–Trinajstić information content (AvgIpc) is 2.70. The van der Waals surface area contributed by atoms with Crippen molar-refractivity contribution < 1.29 is 4.74 Å². The van der Waals surface area contributed by atoms with Crippen molar-refractivity contribution >= 4 is 11.3 Å². The summed E-state index contributed by atoms with van der Waals surface area (Å²) in [4.78, 5) is 2.75. The first-order valence-electron chi connectivity index (χ1n) is 6.42. The molecule has 2 nitrogen and oxygen atoms in total. The molecule has 0 fully saturated rings. The van der Waals surface area contributed by atoms with Crippen LogP contribution in [0.15, 0.2) is 12.1 Å². The van der Waals surface area contributed by atoms with Gasteiger partial charge in [-0.1, -0.05) is 20.8 Å². The van der Waals surface area contributed by atoms with Gasteiger partial charge in [-0.2, -0.15) is 0 Å². The fraction of sp³-hybridized carbons (Fsp3) is 0.714. The Morgan fingerprint density at radius 1 is 1.35 bits per heavy atom. The molecule has 0 saturated heterocycles. The third-order valence-corrected chi connectivity index (χ3v) is 4.02. The second kappa shape index (κ2) is 7.14. The largest absolute Gasteiger partial charge is 0.379 e. The van der Waals surface area contributed by atoms with E-state index in [4.69, 9.17) is 4.74 Å². The van der Waals surface area contributed by atoms with Crippen molar-refractivity contribution in [2.75, 3.05) is 13.7 Å². The Balaban J connectivity index is 2.85. The van der Waals surface area contributed by atoms with E-state index in [1.54, 1.807) is 0 Å². The quantitative estimate of drug-likeness (QED) is 0.801. The summed E-state index contributed by atoms with van der Waals surface area (Å²) >= 11 is 1.86. The molecule has 2 unspecified atom stereocenters. The van der Waals surface area contributed by atoms with Crippen molar-refractivity contribution in [3.05, 3.63) is 21.9 Å². The van der Waals surface area contributed by atoms with Gasteiger partial charge in [0.25, 0.3) is 0 Å². The lowest BCUT2D eigenvalue weighted by atomic mass is 9.98. The molecular weight excluding hydrogens is 230 g/mol. The number of rotatable bonds is 7. The Kier molecular flexibility index (Phi) is 6.17. The van der Waals surface area contributed by atoms with Gasteiger partial charge >= 0.3 is 0 Å². The van der Waals surface area contributed by atoms with E-state index in [-0.39, 0.29) is 6.10 Å². The predicted octanol–water partition coefficient (Wildman–Crippen LogP) is 3.77. The fourth-order valence-electron chi connectivity index (χ4n) is 2.09. The SMILES string of the molecule is CCCNC(c1ccc(C)s1)C(OC)C(C)C. The Morgan fingerprint density at radius 3 is 2.47 bits per heavy atom. The molecule has 0 bridgehead atoms. The zero-order chi connectivity index (χ0) is 12.8. The summed E-state index contributed by atoms with van der Waals surface area (Å²) in [5.74, 6) is 0.511. The second-order valence-electron chi connectivity index (χ2n) is 4.82. The second-order valence-corrected chi connectivity index (χ2v) is 6.14. The third-order valence-electron chi connectivity index (χ3n) is 2.94. The number of hydrogen-bond donors (Lipinski definition) is 1. The van der Waals surface area contributed by atoms with Crippen molar-refractivity contribution in [3.8, 4) is 0 Å². The maximum Gasteiger partial charge on any atom is 0.0796 e. The molecule has 0 aliphatic carbocycles. The highest BCUT2D eigenvalue weighted by Gasteiger charge is 2.26. The van der Waals surface area contributed by atoms with Crippen molar-refractivity contribution in [1.29, 1.82) is 0 Å². The summed E-state index contributed by atoms with van der Waals surface area (Å²) in [5.41, 5.74) is 0. The van der Waals surface area contributed by atoms with E-state index in [0.29, 0.717) is 12.0 Å². The minimum Gasteiger partial charge on any atom is -0.379 e. The van der Waals surface area contributed by atoms with Gasteiger partial charge in [-0.25, -0.2) is 0 Å². The first-order valence-corrected chi connectivity index (χ1v) is 7.24. The zero-order valence-electron chi connectivity index (χ0n) is 11.6. The number of thiophene rings is 1. The molecule has 0 aromatic carbocycles. The molecule has 3 heteroatoms. The molecule has 0 aliphatic heterocycles. The summed E-state index contributed by atoms with van der Waals surface area (Å²) in [6, 6.07) is 4.73. The van der Waals surface area contributed by atoms with Crippen molar-refractivity contribution in [3.63, 3.8) is 0 Å². The van der Waals surface area contributed by atoms with Crippen LogP contribution < -0.4 is 5.32 Å². The highest BCUT2D eigenvalue weighted by atomic mass is 32.1. The van der Waals surface area contributed by atoms with Crippen LogP contribution in [0.4, 0.5) is 0 Å². The highest BCUT2D eigenvalue weighted by molar-refractivity contribution is 7.12. The monoisotopic (exact) mass is 255 g/mol. The summed E-state index contributed by atoms with van der Waals surface area (Å²) in [7, 11) is 1.81. The van der Waals surface area contributed by atoms with E-state index in [0.717, 1.165) is 13.0 Å². The van der Waals surface area contributed by atoms with Crippen LogP contribution in [0.1, 0.15) is 43.0 Å². The molecule has 1 N–H and O–H groups in total. The molecule has 0 spiro atoms. The van der Waals surface area contributed by atoms with Gasteiger partial charge in [-0.05, 0) is 37.9 Å². The maximum atomic E-state index is 5.68. The van der Waals surface area contributed by atoms with Crippen LogP contribution in [0.5, 0.6) is 0 Å². The lowest BCUT2D eigenvalue weighted by Crippen LogP contribution is -2.36. The molecule has 17 heavy (non-hydrogen) atoms. The van der Waals surface area contributed by atoms with Gasteiger partial charge in [-0.15, -0.1) is 11.3 Å². The fourth-order valence-corrected chi connectivity index (χ4v) is 3.08. The van der Waals surface area contributed by atoms with E-state index >= 15 is 0 Å². The molecule has 98 valence electrons. The number of aryl methyl sites for hydroxylation is 1. The molecule has 1 aromatic heterocycles. The van der Waals surface area contributed by atoms with Gasteiger partial charge in [-0.3, -0.25) is 0 Å². The number of nitrogens with one attached hydrogen (secondary N) is 1. The molecule has 0 aliphatic rings. The van der Waals surface area contributed by atoms with E-state index in [1.807, 2.05) is 18.4 Å². The van der Waals surface area contributed by atoms with Crippen LogP contribution >= 0.6 is 11.3 Å². The summed E-state index contributed by atoms with van der Waals surface area (Å²) in [6.45, 7) is 9.82. The normalized spacial score (nSPS) is 15.2.